The Morgan fingerprint density at radius 2 is 1.52 bits per heavy atom. The molecule has 27 heavy (non-hydrogen) atoms. The van der Waals surface area contributed by atoms with E-state index in [0.29, 0.717) is 11.4 Å². The number of carbonyl (C=O) groups is 1. The summed E-state index contributed by atoms with van der Waals surface area (Å²) in [6.07, 6.45) is 0. The molecule has 0 radical (unpaired) electrons. The topological polar surface area (TPSA) is 103 Å². The summed E-state index contributed by atoms with van der Waals surface area (Å²) in [5.41, 5.74) is 0.502. The molecule has 0 heterocycles. The molecule has 0 atom stereocenters. The lowest BCUT2D eigenvalue weighted by atomic mass is 10.3. The van der Waals surface area contributed by atoms with Gasteiger partial charge < -0.3 is 19.5 Å². The second-order valence-corrected chi connectivity index (χ2v) is 7.43. The molecular weight excluding hydrogens is 396 g/mol. The molecule has 8 nitrogen and oxygen atoms in total. The van der Waals surface area contributed by atoms with Gasteiger partial charge in [-0.3, -0.25) is 9.52 Å². The van der Waals surface area contributed by atoms with E-state index in [4.69, 9.17) is 25.8 Å². The molecule has 0 spiro atoms. The first-order chi connectivity index (χ1) is 12.7. The minimum absolute atomic E-state index is 0.0672. The number of amides is 1. The summed E-state index contributed by atoms with van der Waals surface area (Å²) < 4.78 is 43.4. The van der Waals surface area contributed by atoms with E-state index in [2.05, 4.69) is 10.0 Å². The van der Waals surface area contributed by atoms with E-state index in [1.165, 1.54) is 58.6 Å². The van der Waals surface area contributed by atoms with Crippen LogP contribution in [-0.2, 0) is 14.8 Å². The van der Waals surface area contributed by atoms with Crippen LogP contribution in [0.15, 0.2) is 35.2 Å². The number of anilines is 2. The molecule has 0 fully saturated rings. The Hall–Kier alpha value is -2.65. The normalized spacial score (nSPS) is 10.9. The number of hydrogen-bond acceptors (Lipinski definition) is 6. The van der Waals surface area contributed by atoms with E-state index in [0.717, 1.165) is 0 Å². The summed E-state index contributed by atoms with van der Waals surface area (Å²) in [5.74, 6) is 0.479. The number of benzene rings is 2. The van der Waals surface area contributed by atoms with Crippen LogP contribution in [0.1, 0.15) is 6.92 Å². The van der Waals surface area contributed by atoms with Crippen molar-refractivity contribution in [2.45, 2.75) is 11.8 Å². The van der Waals surface area contributed by atoms with Gasteiger partial charge in [0.05, 0.1) is 42.6 Å². The third-order valence-electron chi connectivity index (χ3n) is 3.51. The van der Waals surface area contributed by atoms with E-state index >= 15 is 0 Å². The number of sulfonamides is 1. The first-order valence-electron chi connectivity index (χ1n) is 7.61. The molecule has 10 heteroatoms. The van der Waals surface area contributed by atoms with Gasteiger partial charge in [0.1, 0.15) is 17.2 Å². The lowest BCUT2D eigenvalue weighted by Crippen LogP contribution is -2.14. The number of hydrogen-bond donors (Lipinski definition) is 2. The van der Waals surface area contributed by atoms with Gasteiger partial charge in [0.2, 0.25) is 5.91 Å². The summed E-state index contributed by atoms with van der Waals surface area (Å²) in [5, 5.41) is 2.78. The minimum Gasteiger partial charge on any atom is -0.495 e. The summed E-state index contributed by atoms with van der Waals surface area (Å²) in [7, 11) is 0.222. The molecule has 0 aliphatic rings. The number of carbonyl (C=O) groups excluding carboxylic acids is 1. The Morgan fingerprint density at radius 3 is 2.07 bits per heavy atom. The van der Waals surface area contributed by atoms with Crippen LogP contribution in [0, 0.1) is 0 Å². The highest BCUT2D eigenvalue weighted by Gasteiger charge is 2.20. The van der Waals surface area contributed by atoms with Crippen molar-refractivity contribution in [1.29, 1.82) is 0 Å². The zero-order chi connectivity index (χ0) is 20.2. The van der Waals surface area contributed by atoms with Crippen LogP contribution in [0.2, 0.25) is 5.02 Å². The van der Waals surface area contributed by atoms with Gasteiger partial charge in [-0.2, -0.15) is 0 Å². The lowest BCUT2D eigenvalue weighted by Gasteiger charge is -2.15. The average molecular weight is 415 g/mol. The van der Waals surface area contributed by atoms with Crippen molar-refractivity contribution in [3.05, 3.63) is 35.4 Å². The Kier molecular flexibility index (Phi) is 6.40. The Labute approximate surface area is 162 Å². The number of methoxy groups -OCH3 is 3. The summed E-state index contributed by atoms with van der Waals surface area (Å²) >= 11 is 6.07. The Morgan fingerprint density at radius 1 is 0.926 bits per heavy atom. The molecule has 1 amide bonds. The van der Waals surface area contributed by atoms with Gasteiger partial charge in [-0.05, 0) is 18.2 Å². The van der Waals surface area contributed by atoms with Crippen LogP contribution in [-0.4, -0.2) is 35.7 Å². The van der Waals surface area contributed by atoms with Crippen LogP contribution >= 0.6 is 11.6 Å². The molecule has 146 valence electrons. The van der Waals surface area contributed by atoms with Gasteiger partial charge in [-0.15, -0.1) is 0 Å². The molecule has 0 aliphatic carbocycles. The van der Waals surface area contributed by atoms with Crippen molar-refractivity contribution in [1.82, 2.24) is 0 Å². The van der Waals surface area contributed by atoms with E-state index in [-0.39, 0.29) is 33.0 Å². The molecule has 2 aromatic carbocycles. The maximum atomic E-state index is 12.8. The molecule has 0 saturated carbocycles. The first kappa shape index (κ1) is 20.7. The van der Waals surface area contributed by atoms with Gasteiger partial charge >= 0.3 is 0 Å². The summed E-state index contributed by atoms with van der Waals surface area (Å²) in [6, 6.07) is 6.94. The molecule has 2 aromatic rings. The number of ether oxygens (including phenoxy) is 3. The molecule has 0 unspecified atom stereocenters. The molecular formula is C17H19ClN2O6S. The zero-order valence-electron chi connectivity index (χ0n) is 15.1. The summed E-state index contributed by atoms with van der Waals surface area (Å²) in [4.78, 5) is 11.2. The van der Waals surface area contributed by atoms with Crippen molar-refractivity contribution in [2.24, 2.45) is 0 Å². The fourth-order valence-electron chi connectivity index (χ4n) is 2.28. The standard InChI is InChI=1S/C17H19ClN2O6S/c1-10(21)19-13-6-5-11(7-16(13)25-3)27(22,23)20-14-8-12(18)15(24-2)9-17(14)26-4/h5-9,20H,1-4H3,(H,19,21). The molecule has 2 rings (SSSR count). The van der Waals surface area contributed by atoms with Gasteiger partial charge in [0.15, 0.2) is 0 Å². The minimum atomic E-state index is -3.98. The largest absolute Gasteiger partial charge is 0.495 e. The van der Waals surface area contributed by atoms with E-state index in [1.54, 1.807) is 0 Å². The van der Waals surface area contributed by atoms with Gasteiger partial charge in [0.25, 0.3) is 10.0 Å². The van der Waals surface area contributed by atoms with Crippen LogP contribution in [0.25, 0.3) is 0 Å². The summed E-state index contributed by atoms with van der Waals surface area (Å²) in [6.45, 7) is 1.34. The van der Waals surface area contributed by atoms with Crippen molar-refractivity contribution < 1.29 is 27.4 Å². The third-order valence-corrected chi connectivity index (χ3v) is 5.17. The molecule has 0 aliphatic heterocycles. The van der Waals surface area contributed by atoms with E-state index in [1.807, 2.05) is 0 Å². The lowest BCUT2D eigenvalue weighted by molar-refractivity contribution is -0.114. The average Bonchev–Trinajstić information content (AvgIpc) is 2.61. The quantitative estimate of drug-likeness (QED) is 0.721. The molecule has 0 saturated heterocycles. The van der Waals surface area contributed by atoms with Crippen LogP contribution in [0.4, 0.5) is 11.4 Å². The fourth-order valence-corrected chi connectivity index (χ4v) is 3.59. The van der Waals surface area contributed by atoms with Crippen molar-refractivity contribution >= 4 is 38.9 Å². The number of rotatable bonds is 7. The SMILES string of the molecule is COc1cc(OC)c(NS(=O)(=O)c2ccc(NC(C)=O)c(OC)c2)cc1Cl. The third kappa shape index (κ3) is 4.75. The fraction of sp³-hybridized carbons (Fsp3) is 0.235. The van der Waals surface area contributed by atoms with E-state index in [9.17, 15) is 13.2 Å². The predicted octanol–water partition coefficient (Wildman–Crippen LogP) is 3.13. The van der Waals surface area contributed by atoms with Crippen molar-refractivity contribution in [3.8, 4) is 17.2 Å². The Bertz CT molecular complexity index is 962. The second kappa shape index (κ2) is 8.36. The molecule has 0 aromatic heterocycles. The van der Waals surface area contributed by atoms with Gasteiger partial charge in [0, 0.05) is 19.1 Å². The molecule has 2 N–H and O–H groups in total. The Balaban J connectivity index is 2.42. The van der Waals surface area contributed by atoms with Crippen LogP contribution in [0.3, 0.4) is 0 Å². The number of nitrogens with one attached hydrogen (secondary N) is 2. The first-order valence-corrected chi connectivity index (χ1v) is 9.48. The highest BCUT2D eigenvalue weighted by Crippen LogP contribution is 2.37. The van der Waals surface area contributed by atoms with E-state index < -0.39 is 10.0 Å². The smallest absolute Gasteiger partial charge is 0.262 e. The molecule has 0 bridgehead atoms. The zero-order valence-corrected chi connectivity index (χ0v) is 16.7. The highest BCUT2D eigenvalue weighted by atomic mass is 35.5. The number of halogens is 1. The van der Waals surface area contributed by atoms with Crippen molar-refractivity contribution in [3.63, 3.8) is 0 Å². The monoisotopic (exact) mass is 414 g/mol. The second-order valence-electron chi connectivity index (χ2n) is 5.34. The predicted molar refractivity (Wildman–Crippen MR) is 103 cm³/mol. The van der Waals surface area contributed by atoms with Crippen molar-refractivity contribution in [2.75, 3.05) is 31.4 Å². The maximum Gasteiger partial charge on any atom is 0.262 e. The maximum absolute atomic E-state index is 12.8. The van der Waals surface area contributed by atoms with Gasteiger partial charge in [-0.1, -0.05) is 11.6 Å². The van der Waals surface area contributed by atoms with Gasteiger partial charge in [-0.25, -0.2) is 8.42 Å². The van der Waals surface area contributed by atoms with Crippen LogP contribution < -0.4 is 24.2 Å². The highest BCUT2D eigenvalue weighted by molar-refractivity contribution is 7.92. The van der Waals surface area contributed by atoms with Crippen LogP contribution in [0.5, 0.6) is 17.2 Å².